The van der Waals surface area contributed by atoms with Gasteiger partial charge in [0.15, 0.2) is 11.5 Å². The van der Waals surface area contributed by atoms with Crippen LogP contribution in [0.15, 0.2) is 77.2 Å². The highest BCUT2D eigenvalue weighted by Crippen LogP contribution is 2.32. The van der Waals surface area contributed by atoms with Crippen LogP contribution in [-0.2, 0) is 14.9 Å². The zero-order valence-corrected chi connectivity index (χ0v) is 20.2. The van der Waals surface area contributed by atoms with E-state index in [1.54, 1.807) is 25.1 Å². The van der Waals surface area contributed by atoms with Crippen LogP contribution in [0.1, 0.15) is 12.5 Å². The van der Waals surface area contributed by atoms with Crippen molar-refractivity contribution in [3.63, 3.8) is 0 Å². The van der Waals surface area contributed by atoms with Gasteiger partial charge in [0.2, 0.25) is 0 Å². The minimum absolute atomic E-state index is 0.0211. The van der Waals surface area contributed by atoms with Crippen LogP contribution in [0.4, 0.5) is 11.4 Å². The molecular formula is C24H18ClN3O7S. The average molecular weight is 528 g/mol. The molecule has 0 radical (unpaired) electrons. The number of nitriles is 1. The van der Waals surface area contributed by atoms with Crippen molar-refractivity contribution in [2.75, 3.05) is 11.9 Å². The molecule has 10 nitrogen and oxygen atoms in total. The summed E-state index contributed by atoms with van der Waals surface area (Å²) >= 11 is 5.91. The smallest absolute Gasteiger partial charge is 0.339 e. The number of hydrogen-bond donors (Lipinski definition) is 1. The molecule has 1 amide bonds. The number of carbonyl (C=O) groups excluding carboxylic acids is 1. The number of rotatable bonds is 9. The molecular weight excluding hydrogens is 510 g/mol. The van der Waals surface area contributed by atoms with Gasteiger partial charge in [-0.15, -0.1) is 0 Å². The first-order valence-corrected chi connectivity index (χ1v) is 12.1. The van der Waals surface area contributed by atoms with Crippen molar-refractivity contribution < 1.29 is 27.1 Å². The van der Waals surface area contributed by atoms with E-state index in [-0.39, 0.29) is 23.7 Å². The lowest BCUT2D eigenvalue weighted by atomic mass is 10.1. The van der Waals surface area contributed by atoms with Crippen LogP contribution in [0.2, 0.25) is 5.02 Å². The van der Waals surface area contributed by atoms with Gasteiger partial charge in [-0.2, -0.15) is 13.7 Å². The predicted octanol–water partition coefficient (Wildman–Crippen LogP) is 4.96. The number of anilines is 1. The van der Waals surface area contributed by atoms with Crippen molar-refractivity contribution in [3.8, 4) is 17.6 Å². The maximum Gasteiger partial charge on any atom is 0.339 e. The molecule has 3 aromatic carbocycles. The predicted molar refractivity (Wildman–Crippen MR) is 132 cm³/mol. The molecule has 36 heavy (non-hydrogen) atoms. The van der Waals surface area contributed by atoms with E-state index in [0.29, 0.717) is 16.3 Å². The van der Waals surface area contributed by atoms with Crippen molar-refractivity contribution in [1.82, 2.24) is 0 Å². The van der Waals surface area contributed by atoms with E-state index >= 15 is 0 Å². The van der Waals surface area contributed by atoms with E-state index in [9.17, 15) is 28.6 Å². The van der Waals surface area contributed by atoms with Gasteiger partial charge in [0, 0.05) is 22.8 Å². The van der Waals surface area contributed by atoms with Crippen molar-refractivity contribution in [3.05, 3.63) is 93.0 Å². The van der Waals surface area contributed by atoms with E-state index in [1.807, 2.05) is 6.07 Å². The highest BCUT2D eigenvalue weighted by molar-refractivity contribution is 7.87. The molecule has 0 aliphatic carbocycles. The molecule has 184 valence electrons. The lowest BCUT2D eigenvalue weighted by Crippen LogP contribution is -2.13. The van der Waals surface area contributed by atoms with Crippen LogP contribution >= 0.6 is 11.6 Å². The number of nitrogens with zero attached hydrogens (tertiary/aromatic N) is 2. The third kappa shape index (κ3) is 6.59. The van der Waals surface area contributed by atoms with E-state index in [2.05, 4.69) is 5.32 Å². The molecule has 3 rings (SSSR count). The molecule has 0 aliphatic rings. The topological polar surface area (TPSA) is 149 Å². The second kappa shape index (κ2) is 11.4. The molecule has 0 saturated carbocycles. The Hall–Kier alpha value is -4.40. The number of halogens is 1. The molecule has 0 unspecified atom stereocenters. The largest absolute Gasteiger partial charge is 0.490 e. The van der Waals surface area contributed by atoms with E-state index in [0.717, 1.165) is 18.2 Å². The molecule has 0 heterocycles. The average Bonchev–Trinajstić information content (AvgIpc) is 2.84. The number of ether oxygens (including phenoxy) is 1. The molecule has 0 saturated heterocycles. The minimum atomic E-state index is -4.43. The molecule has 1 N–H and O–H groups in total. The Bertz CT molecular complexity index is 1500. The zero-order valence-electron chi connectivity index (χ0n) is 18.7. The fourth-order valence-electron chi connectivity index (χ4n) is 2.95. The number of hydrogen-bond acceptors (Lipinski definition) is 8. The van der Waals surface area contributed by atoms with Gasteiger partial charge >= 0.3 is 10.1 Å². The Kier molecular flexibility index (Phi) is 8.26. The number of nitro benzene ring substituents is 1. The fourth-order valence-corrected chi connectivity index (χ4v) is 4.12. The van der Waals surface area contributed by atoms with Gasteiger partial charge in [0.05, 0.1) is 11.5 Å². The van der Waals surface area contributed by atoms with E-state index < -0.39 is 31.5 Å². The SMILES string of the molecule is CCOc1cc(/C=C(\C#N)C(=O)Nc2cccc(Cl)c2)ccc1OS(=O)(=O)c1cccc([N+](=O)[O-])c1. The minimum Gasteiger partial charge on any atom is -0.490 e. The van der Waals surface area contributed by atoms with Gasteiger partial charge in [-0.1, -0.05) is 29.8 Å². The number of amides is 1. The summed E-state index contributed by atoms with van der Waals surface area (Å²) in [4.78, 5) is 22.4. The monoisotopic (exact) mass is 527 g/mol. The maximum absolute atomic E-state index is 12.7. The van der Waals surface area contributed by atoms with E-state index in [4.69, 9.17) is 20.5 Å². The van der Waals surface area contributed by atoms with Crippen LogP contribution in [-0.4, -0.2) is 25.9 Å². The summed E-state index contributed by atoms with van der Waals surface area (Å²) in [5.41, 5.74) is 0.121. The normalized spacial score (nSPS) is 11.3. The quantitative estimate of drug-likeness (QED) is 0.135. The van der Waals surface area contributed by atoms with Gasteiger partial charge in [0.25, 0.3) is 11.6 Å². The Balaban J connectivity index is 1.89. The van der Waals surface area contributed by atoms with Gasteiger partial charge in [-0.05, 0) is 55.0 Å². The molecule has 0 aliphatic heterocycles. The summed E-state index contributed by atoms with van der Waals surface area (Å²) in [6, 6.07) is 16.8. The van der Waals surface area contributed by atoms with Crippen LogP contribution in [0, 0.1) is 21.4 Å². The van der Waals surface area contributed by atoms with Crippen LogP contribution in [0.3, 0.4) is 0 Å². The number of benzene rings is 3. The summed E-state index contributed by atoms with van der Waals surface area (Å²) in [5, 5.41) is 23.4. The Labute approximate surface area is 211 Å². The number of carbonyl (C=O) groups is 1. The molecule has 0 atom stereocenters. The second-order valence-electron chi connectivity index (χ2n) is 7.07. The summed E-state index contributed by atoms with van der Waals surface area (Å²) in [6.07, 6.45) is 1.29. The summed E-state index contributed by atoms with van der Waals surface area (Å²) in [7, 11) is -4.43. The van der Waals surface area contributed by atoms with Crippen LogP contribution < -0.4 is 14.2 Å². The standard InChI is InChI=1S/C24H18ClN3O7S/c1-2-34-23-12-16(11-17(15-26)24(29)27-19-6-3-5-18(25)13-19)9-10-22(23)35-36(32,33)21-8-4-7-20(14-21)28(30)31/h3-14H,2H2,1H3,(H,27,29)/b17-11+. The Morgan fingerprint density at radius 3 is 2.56 bits per heavy atom. The van der Waals surface area contributed by atoms with E-state index in [1.165, 1.54) is 36.4 Å². The Morgan fingerprint density at radius 1 is 1.14 bits per heavy atom. The summed E-state index contributed by atoms with van der Waals surface area (Å²) in [5.74, 6) is -0.832. The Morgan fingerprint density at radius 2 is 1.89 bits per heavy atom. The van der Waals surface area contributed by atoms with Crippen molar-refractivity contribution in [1.29, 1.82) is 5.26 Å². The van der Waals surface area contributed by atoms with Crippen molar-refractivity contribution in [2.45, 2.75) is 11.8 Å². The lowest BCUT2D eigenvalue weighted by Gasteiger charge is -2.13. The van der Waals surface area contributed by atoms with Gasteiger partial charge in [-0.25, -0.2) is 0 Å². The number of nitrogens with one attached hydrogen (secondary N) is 1. The molecule has 0 aromatic heterocycles. The molecule has 0 spiro atoms. The lowest BCUT2D eigenvalue weighted by molar-refractivity contribution is -0.385. The van der Waals surface area contributed by atoms with Crippen LogP contribution in [0.25, 0.3) is 6.08 Å². The summed E-state index contributed by atoms with van der Waals surface area (Å²) < 4.78 is 36.1. The molecule has 3 aromatic rings. The number of non-ortho nitro benzene ring substituents is 1. The molecule has 0 bridgehead atoms. The first-order chi connectivity index (χ1) is 17.1. The second-order valence-corrected chi connectivity index (χ2v) is 9.05. The fraction of sp³-hybridized carbons (Fsp3) is 0.0833. The first kappa shape index (κ1) is 26.2. The van der Waals surface area contributed by atoms with Crippen molar-refractivity contribution >= 4 is 45.1 Å². The van der Waals surface area contributed by atoms with Crippen LogP contribution in [0.5, 0.6) is 11.5 Å². The highest BCUT2D eigenvalue weighted by atomic mass is 35.5. The first-order valence-electron chi connectivity index (χ1n) is 10.3. The maximum atomic E-state index is 12.7. The van der Waals surface area contributed by atoms with Gasteiger partial charge in [-0.3, -0.25) is 14.9 Å². The molecule has 0 fully saturated rings. The number of nitro groups is 1. The van der Waals surface area contributed by atoms with Gasteiger partial charge < -0.3 is 14.2 Å². The highest BCUT2D eigenvalue weighted by Gasteiger charge is 2.22. The third-order valence-electron chi connectivity index (χ3n) is 4.54. The zero-order chi connectivity index (χ0) is 26.3. The van der Waals surface area contributed by atoms with Crippen molar-refractivity contribution in [2.24, 2.45) is 0 Å². The summed E-state index contributed by atoms with van der Waals surface area (Å²) in [6.45, 7) is 1.82. The third-order valence-corrected chi connectivity index (χ3v) is 6.01. The van der Waals surface area contributed by atoms with Gasteiger partial charge in [0.1, 0.15) is 16.5 Å². The molecule has 12 heteroatoms.